The first-order valence-corrected chi connectivity index (χ1v) is 5.05. The molecule has 0 aliphatic rings. The van der Waals surface area contributed by atoms with Crippen LogP contribution in [-0.2, 0) is 6.42 Å². The summed E-state index contributed by atoms with van der Waals surface area (Å²) >= 11 is 0. The van der Waals surface area contributed by atoms with Crippen molar-refractivity contribution in [2.24, 2.45) is 0 Å². The van der Waals surface area contributed by atoms with Gasteiger partial charge in [-0.25, -0.2) is 4.98 Å². The lowest BCUT2D eigenvalue weighted by atomic mass is 10.3. The standard InChI is InChI=1S/C10H18N4O/c1-5-7-13-9(12-6(2)3)8(11)10(14-7)15-4/h6H,5,11H2,1-4H3,(H,12,13,14). The minimum absolute atomic E-state index is 0.275. The van der Waals surface area contributed by atoms with Gasteiger partial charge in [-0.2, -0.15) is 4.98 Å². The summed E-state index contributed by atoms with van der Waals surface area (Å²) in [6.45, 7) is 6.05. The maximum atomic E-state index is 5.85. The summed E-state index contributed by atoms with van der Waals surface area (Å²) in [5, 5.41) is 3.17. The van der Waals surface area contributed by atoms with Gasteiger partial charge in [-0.1, -0.05) is 6.92 Å². The Bertz CT molecular complexity index is 338. The fourth-order valence-corrected chi connectivity index (χ4v) is 1.19. The summed E-state index contributed by atoms with van der Waals surface area (Å²) in [7, 11) is 1.55. The van der Waals surface area contributed by atoms with Crippen molar-refractivity contribution >= 4 is 11.5 Å². The second kappa shape index (κ2) is 4.82. The molecule has 0 fully saturated rings. The predicted molar refractivity (Wildman–Crippen MR) is 61.1 cm³/mol. The Morgan fingerprint density at radius 2 is 2.07 bits per heavy atom. The molecule has 0 bridgehead atoms. The Hall–Kier alpha value is -1.52. The number of nitrogens with one attached hydrogen (secondary N) is 1. The number of ether oxygens (including phenoxy) is 1. The molecule has 1 heterocycles. The molecule has 0 radical (unpaired) electrons. The minimum Gasteiger partial charge on any atom is -0.479 e. The number of nitrogens with zero attached hydrogens (tertiary/aromatic N) is 2. The SMILES string of the molecule is CCc1nc(NC(C)C)c(N)c(OC)n1. The zero-order chi connectivity index (χ0) is 11.4. The second-order valence-electron chi connectivity index (χ2n) is 3.56. The van der Waals surface area contributed by atoms with Gasteiger partial charge in [0.25, 0.3) is 0 Å². The van der Waals surface area contributed by atoms with Gasteiger partial charge in [0, 0.05) is 12.5 Å². The van der Waals surface area contributed by atoms with Crippen LogP contribution >= 0.6 is 0 Å². The lowest BCUT2D eigenvalue weighted by molar-refractivity contribution is 0.397. The molecule has 5 nitrogen and oxygen atoms in total. The van der Waals surface area contributed by atoms with Gasteiger partial charge in [-0.05, 0) is 13.8 Å². The maximum absolute atomic E-state index is 5.85. The number of nitrogen functional groups attached to an aromatic ring is 1. The third-order valence-electron chi connectivity index (χ3n) is 1.89. The van der Waals surface area contributed by atoms with Crippen LogP contribution in [0.3, 0.4) is 0 Å². The Morgan fingerprint density at radius 3 is 2.53 bits per heavy atom. The van der Waals surface area contributed by atoms with E-state index in [1.807, 2.05) is 20.8 Å². The molecule has 1 aromatic heterocycles. The largest absolute Gasteiger partial charge is 0.479 e. The summed E-state index contributed by atoms with van der Waals surface area (Å²) in [4.78, 5) is 8.49. The molecule has 0 saturated heterocycles. The lowest BCUT2D eigenvalue weighted by Crippen LogP contribution is -2.15. The number of hydrogen-bond acceptors (Lipinski definition) is 5. The lowest BCUT2D eigenvalue weighted by Gasteiger charge is -2.14. The molecular weight excluding hydrogens is 192 g/mol. The zero-order valence-corrected chi connectivity index (χ0v) is 9.66. The van der Waals surface area contributed by atoms with E-state index in [-0.39, 0.29) is 6.04 Å². The molecule has 3 N–H and O–H groups in total. The Morgan fingerprint density at radius 1 is 1.40 bits per heavy atom. The van der Waals surface area contributed by atoms with E-state index in [9.17, 15) is 0 Å². The first-order chi connectivity index (χ1) is 7.08. The molecule has 0 aliphatic heterocycles. The Balaban J connectivity index is 3.12. The van der Waals surface area contributed by atoms with E-state index in [4.69, 9.17) is 10.5 Å². The van der Waals surface area contributed by atoms with Crippen LogP contribution in [0.15, 0.2) is 0 Å². The van der Waals surface area contributed by atoms with Crippen LogP contribution in [0.1, 0.15) is 26.6 Å². The van der Waals surface area contributed by atoms with Crippen LogP contribution in [0, 0.1) is 0 Å². The summed E-state index contributed by atoms with van der Waals surface area (Å²) in [5.74, 6) is 1.81. The molecular formula is C10H18N4O. The van der Waals surface area contributed by atoms with Crippen LogP contribution in [-0.4, -0.2) is 23.1 Å². The van der Waals surface area contributed by atoms with Crippen LogP contribution in [0.25, 0.3) is 0 Å². The number of aromatic nitrogens is 2. The van der Waals surface area contributed by atoms with Gasteiger partial charge < -0.3 is 15.8 Å². The van der Waals surface area contributed by atoms with E-state index >= 15 is 0 Å². The van der Waals surface area contributed by atoms with E-state index in [0.717, 1.165) is 12.2 Å². The summed E-state index contributed by atoms with van der Waals surface area (Å²) < 4.78 is 5.09. The fraction of sp³-hybridized carbons (Fsp3) is 0.600. The molecule has 0 spiro atoms. The number of aryl methyl sites for hydroxylation is 1. The monoisotopic (exact) mass is 210 g/mol. The molecule has 5 heteroatoms. The highest BCUT2D eigenvalue weighted by Crippen LogP contribution is 2.26. The third kappa shape index (κ3) is 2.71. The number of nitrogens with two attached hydrogens (primary N) is 1. The molecule has 1 rings (SSSR count). The van der Waals surface area contributed by atoms with Gasteiger partial charge >= 0.3 is 0 Å². The molecule has 0 aromatic carbocycles. The smallest absolute Gasteiger partial charge is 0.242 e. The number of anilines is 2. The second-order valence-corrected chi connectivity index (χ2v) is 3.56. The number of hydrogen-bond donors (Lipinski definition) is 2. The molecule has 15 heavy (non-hydrogen) atoms. The van der Waals surface area contributed by atoms with Crippen molar-refractivity contribution in [1.29, 1.82) is 0 Å². The van der Waals surface area contributed by atoms with Crippen LogP contribution < -0.4 is 15.8 Å². The van der Waals surface area contributed by atoms with Gasteiger partial charge in [0.2, 0.25) is 5.88 Å². The molecule has 0 atom stereocenters. The Kier molecular flexibility index (Phi) is 3.71. The topological polar surface area (TPSA) is 73.1 Å². The molecule has 84 valence electrons. The quantitative estimate of drug-likeness (QED) is 0.787. The van der Waals surface area contributed by atoms with Gasteiger partial charge in [0.05, 0.1) is 7.11 Å². The average molecular weight is 210 g/mol. The highest BCUT2D eigenvalue weighted by atomic mass is 16.5. The molecule has 0 amide bonds. The summed E-state index contributed by atoms with van der Waals surface area (Å²) in [5.41, 5.74) is 6.31. The molecule has 0 aliphatic carbocycles. The maximum Gasteiger partial charge on any atom is 0.242 e. The average Bonchev–Trinajstić information content (AvgIpc) is 2.20. The van der Waals surface area contributed by atoms with Crippen molar-refractivity contribution in [3.05, 3.63) is 5.82 Å². The van der Waals surface area contributed by atoms with Crippen LogP contribution in [0.2, 0.25) is 0 Å². The number of methoxy groups -OCH3 is 1. The normalized spacial score (nSPS) is 10.5. The minimum atomic E-state index is 0.275. The van der Waals surface area contributed by atoms with Crippen molar-refractivity contribution in [3.8, 4) is 5.88 Å². The van der Waals surface area contributed by atoms with Gasteiger partial charge in [-0.3, -0.25) is 0 Å². The van der Waals surface area contributed by atoms with E-state index < -0.39 is 0 Å². The molecule has 0 saturated carbocycles. The van der Waals surface area contributed by atoms with E-state index in [1.165, 1.54) is 0 Å². The van der Waals surface area contributed by atoms with E-state index in [2.05, 4.69) is 15.3 Å². The highest BCUT2D eigenvalue weighted by Gasteiger charge is 2.11. The van der Waals surface area contributed by atoms with Crippen molar-refractivity contribution in [2.75, 3.05) is 18.2 Å². The van der Waals surface area contributed by atoms with E-state index in [1.54, 1.807) is 7.11 Å². The van der Waals surface area contributed by atoms with E-state index in [0.29, 0.717) is 17.4 Å². The highest BCUT2D eigenvalue weighted by molar-refractivity contribution is 5.67. The van der Waals surface area contributed by atoms with Crippen LogP contribution in [0.4, 0.5) is 11.5 Å². The zero-order valence-electron chi connectivity index (χ0n) is 9.66. The van der Waals surface area contributed by atoms with Crippen molar-refractivity contribution < 1.29 is 4.74 Å². The van der Waals surface area contributed by atoms with Crippen molar-refractivity contribution in [1.82, 2.24) is 9.97 Å². The third-order valence-corrected chi connectivity index (χ3v) is 1.89. The van der Waals surface area contributed by atoms with Crippen LogP contribution in [0.5, 0.6) is 5.88 Å². The van der Waals surface area contributed by atoms with Crippen molar-refractivity contribution in [2.45, 2.75) is 33.2 Å². The summed E-state index contributed by atoms with van der Waals surface area (Å²) in [6, 6.07) is 0.275. The summed E-state index contributed by atoms with van der Waals surface area (Å²) in [6.07, 6.45) is 0.753. The van der Waals surface area contributed by atoms with Crippen molar-refractivity contribution in [3.63, 3.8) is 0 Å². The predicted octanol–water partition coefficient (Wildman–Crippen LogP) is 1.45. The first-order valence-electron chi connectivity index (χ1n) is 5.05. The molecule has 1 aromatic rings. The van der Waals surface area contributed by atoms with Gasteiger partial charge in [0.1, 0.15) is 11.5 Å². The first kappa shape index (κ1) is 11.6. The molecule has 0 unspecified atom stereocenters. The Labute approximate surface area is 90.1 Å². The van der Waals surface area contributed by atoms with Gasteiger partial charge in [-0.15, -0.1) is 0 Å². The fourth-order valence-electron chi connectivity index (χ4n) is 1.19. The van der Waals surface area contributed by atoms with Gasteiger partial charge in [0.15, 0.2) is 5.82 Å². The number of rotatable bonds is 4.